The normalized spacial score (nSPS) is 12.1. The van der Waals surface area contributed by atoms with Crippen LogP contribution in [0.2, 0.25) is 5.02 Å². The van der Waals surface area contributed by atoms with Crippen LogP contribution in [-0.4, -0.2) is 52.1 Å². The minimum Gasteiger partial charge on any atom is -0.384 e. The number of carbonyl (C=O) groups excluding carboxylic acids is 1. The van der Waals surface area contributed by atoms with Gasteiger partial charge in [0, 0.05) is 36.7 Å². The molecular formula is C20H25ClN6O5S2. The predicted molar refractivity (Wildman–Crippen MR) is 133 cm³/mol. The molecule has 0 aliphatic heterocycles. The van der Waals surface area contributed by atoms with Gasteiger partial charge in [-0.25, -0.2) is 22.8 Å². The van der Waals surface area contributed by atoms with Crippen molar-refractivity contribution in [3.63, 3.8) is 0 Å². The lowest BCUT2D eigenvalue weighted by atomic mass is 10.2. The number of nitrogens with zero attached hydrogens (tertiary/aromatic N) is 3. The highest BCUT2D eigenvalue weighted by molar-refractivity contribution is 7.91. The molecule has 0 spiro atoms. The van der Waals surface area contributed by atoms with Crippen molar-refractivity contribution in [1.29, 1.82) is 0 Å². The number of rotatable bonds is 9. The molecule has 0 atom stereocenters. The molecule has 0 unspecified atom stereocenters. The van der Waals surface area contributed by atoms with Crippen molar-refractivity contribution in [2.24, 2.45) is 0 Å². The zero-order chi connectivity index (χ0) is 25.3. The van der Waals surface area contributed by atoms with Crippen molar-refractivity contribution in [1.82, 2.24) is 19.0 Å². The molecule has 1 amide bonds. The third-order valence-corrected chi connectivity index (χ3v) is 7.15. The Morgan fingerprint density at radius 1 is 1.21 bits per heavy atom. The average molecular weight is 529 g/mol. The van der Waals surface area contributed by atoms with Crippen molar-refractivity contribution in [3.8, 4) is 0 Å². The Hall–Kier alpha value is -2.87. The second-order valence-corrected chi connectivity index (χ2v) is 11.5. The number of hydrogen-bond acceptors (Lipinski definition) is 7. The molecule has 2 heterocycles. The van der Waals surface area contributed by atoms with Crippen LogP contribution in [0.15, 0.2) is 36.5 Å². The topological polar surface area (TPSA) is 156 Å². The number of nitrogen functional groups attached to an aromatic ring is 1. The molecule has 184 valence electrons. The van der Waals surface area contributed by atoms with Crippen LogP contribution in [0.5, 0.6) is 0 Å². The molecule has 3 rings (SSSR count). The Morgan fingerprint density at radius 2 is 1.91 bits per heavy atom. The summed E-state index contributed by atoms with van der Waals surface area (Å²) in [5.74, 6) is -0.732. The van der Waals surface area contributed by atoms with Crippen LogP contribution in [0.1, 0.15) is 29.4 Å². The highest BCUT2D eigenvalue weighted by atomic mass is 35.5. The second-order valence-electron chi connectivity index (χ2n) is 7.52. The monoisotopic (exact) mass is 528 g/mol. The summed E-state index contributed by atoms with van der Waals surface area (Å²) in [6.07, 6.45) is 2.76. The summed E-state index contributed by atoms with van der Waals surface area (Å²) in [7, 11) is -6.79. The van der Waals surface area contributed by atoms with Gasteiger partial charge in [0.15, 0.2) is 0 Å². The van der Waals surface area contributed by atoms with Gasteiger partial charge in [0.25, 0.3) is 5.91 Å². The van der Waals surface area contributed by atoms with Gasteiger partial charge in [-0.3, -0.25) is 9.10 Å². The van der Waals surface area contributed by atoms with Gasteiger partial charge in [-0.15, -0.1) is 0 Å². The van der Waals surface area contributed by atoms with Gasteiger partial charge in [0.2, 0.25) is 10.0 Å². The lowest BCUT2D eigenvalue weighted by Gasteiger charge is -2.24. The quantitative estimate of drug-likeness (QED) is 0.381. The van der Waals surface area contributed by atoms with Gasteiger partial charge in [-0.2, -0.15) is 8.42 Å². The standard InChI is InChI=1S/C20H25ClN6O5S2/c1-4-9-27(34(31,32)23-2)18-15-11-14(21)5-6-16(15)26(12-13-7-8-24-17(22)10-13)19(18)20(28)25-33(3,29)30/h5-8,10-11,23H,4,9,12H2,1-3H3,(H2,22,24)(H,25,28). The number of benzene rings is 1. The fraction of sp³-hybridized carbons (Fsp3) is 0.300. The van der Waals surface area contributed by atoms with E-state index in [0.29, 0.717) is 27.9 Å². The summed E-state index contributed by atoms with van der Waals surface area (Å²) in [5.41, 5.74) is 6.79. The number of nitrogens with one attached hydrogen (secondary N) is 2. The fourth-order valence-corrected chi connectivity index (χ4v) is 5.29. The maximum absolute atomic E-state index is 13.3. The molecule has 34 heavy (non-hydrogen) atoms. The molecule has 0 radical (unpaired) electrons. The minimum absolute atomic E-state index is 0.0110. The Morgan fingerprint density at radius 3 is 2.50 bits per heavy atom. The number of amides is 1. The zero-order valence-electron chi connectivity index (χ0n) is 18.7. The number of fused-ring (bicyclic) bond motifs is 1. The Bertz CT molecular complexity index is 1450. The Balaban J connectivity index is 2.43. The first-order valence-corrected chi connectivity index (χ1v) is 13.8. The largest absolute Gasteiger partial charge is 0.384 e. The van der Waals surface area contributed by atoms with Gasteiger partial charge in [0.1, 0.15) is 11.5 Å². The molecule has 0 aliphatic rings. The molecule has 11 nitrogen and oxygen atoms in total. The second kappa shape index (κ2) is 9.78. The van der Waals surface area contributed by atoms with E-state index in [4.69, 9.17) is 17.3 Å². The number of aromatic nitrogens is 2. The van der Waals surface area contributed by atoms with E-state index in [0.717, 1.165) is 10.6 Å². The van der Waals surface area contributed by atoms with E-state index in [-0.39, 0.29) is 30.3 Å². The van der Waals surface area contributed by atoms with Gasteiger partial charge >= 0.3 is 10.2 Å². The molecule has 1 aromatic carbocycles. The van der Waals surface area contributed by atoms with E-state index < -0.39 is 26.1 Å². The highest BCUT2D eigenvalue weighted by Gasteiger charge is 2.33. The summed E-state index contributed by atoms with van der Waals surface area (Å²) < 4.78 is 56.6. The maximum Gasteiger partial charge on any atom is 0.301 e. The molecule has 0 saturated heterocycles. The van der Waals surface area contributed by atoms with Crippen LogP contribution < -0.4 is 19.5 Å². The molecule has 2 aromatic heterocycles. The van der Waals surface area contributed by atoms with Crippen LogP contribution in [0.3, 0.4) is 0 Å². The fourth-order valence-electron chi connectivity index (χ4n) is 3.61. The summed E-state index contributed by atoms with van der Waals surface area (Å²) >= 11 is 6.24. The van der Waals surface area contributed by atoms with Crippen LogP contribution in [0, 0.1) is 0 Å². The summed E-state index contributed by atoms with van der Waals surface area (Å²) in [5, 5.41) is 0.674. The van der Waals surface area contributed by atoms with E-state index in [1.165, 1.54) is 23.9 Å². The number of hydrogen-bond donors (Lipinski definition) is 3. The van der Waals surface area contributed by atoms with Gasteiger partial charge < -0.3 is 10.3 Å². The SMILES string of the molecule is CCCN(c1c(C(=O)NS(C)(=O)=O)n(Cc2ccnc(N)c2)c2ccc(Cl)cc12)S(=O)(=O)NC. The van der Waals surface area contributed by atoms with Crippen molar-refractivity contribution in [2.45, 2.75) is 19.9 Å². The lowest BCUT2D eigenvalue weighted by molar-refractivity contribution is 0.0974. The van der Waals surface area contributed by atoms with E-state index in [1.807, 2.05) is 4.72 Å². The summed E-state index contributed by atoms with van der Waals surface area (Å²) in [4.78, 5) is 17.3. The first kappa shape index (κ1) is 25.7. The van der Waals surface area contributed by atoms with Crippen LogP contribution in [0.4, 0.5) is 11.5 Å². The van der Waals surface area contributed by atoms with Crippen LogP contribution >= 0.6 is 11.6 Å². The zero-order valence-corrected chi connectivity index (χ0v) is 21.1. The van der Waals surface area contributed by atoms with Crippen LogP contribution in [0.25, 0.3) is 10.9 Å². The first-order valence-electron chi connectivity index (χ1n) is 10.1. The predicted octanol–water partition coefficient (Wildman–Crippen LogP) is 1.69. The molecule has 0 aliphatic carbocycles. The minimum atomic E-state index is -4.08. The van der Waals surface area contributed by atoms with Gasteiger partial charge in [-0.1, -0.05) is 18.5 Å². The number of pyridine rings is 1. The van der Waals surface area contributed by atoms with E-state index in [2.05, 4.69) is 9.71 Å². The number of sulfonamides is 1. The Kier molecular flexibility index (Phi) is 7.41. The third kappa shape index (κ3) is 5.43. The maximum atomic E-state index is 13.3. The summed E-state index contributed by atoms with van der Waals surface area (Å²) in [6, 6.07) is 8.06. The van der Waals surface area contributed by atoms with E-state index in [9.17, 15) is 21.6 Å². The number of carbonyl (C=O) groups is 1. The van der Waals surface area contributed by atoms with Gasteiger partial charge in [-0.05, 0) is 42.3 Å². The highest BCUT2D eigenvalue weighted by Crippen LogP contribution is 2.38. The molecule has 0 bridgehead atoms. The van der Waals surface area contributed by atoms with Crippen molar-refractivity contribution >= 4 is 60.1 Å². The number of nitrogens with two attached hydrogens (primary N) is 1. The molecule has 3 aromatic rings. The molecule has 4 N–H and O–H groups in total. The third-order valence-electron chi connectivity index (χ3n) is 4.90. The van der Waals surface area contributed by atoms with Crippen LogP contribution in [-0.2, 0) is 26.8 Å². The van der Waals surface area contributed by atoms with Crippen molar-refractivity contribution in [2.75, 3.05) is 29.9 Å². The van der Waals surface area contributed by atoms with Crippen molar-refractivity contribution < 1.29 is 21.6 Å². The smallest absolute Gasteiger partial charge is 0.301 e. The number of halogens is 1. The number of anilines is 2. The molecule has 0 saturated carbocycles. The first-order chi connectivity index (χ1) is 15.9. The lowest BCUT2D eigenvalue weighted by Crippen LogP contribution is -2.41. The molecular weight excluding hydrogens is 504 g/mol. The molecule has 14 heteroatoms. The van der Waals surface area contributed by atoms with Crippen molar-refractivity contribution in [3.05, 3.63) is 52.8 Å². The van der Waals surface area contributed by atoms with Gasteiger partial charge in [0.05, 0.1) is 17.5 Å². The van der Waals surface area contributed by atoms with E-state index >= 15 is 0 Å². The molecule has 0 fully saturated rings. The summed E-state index contributed by atoms with van der Waals surface area (Å²) in [6.45, 7) is 1.88. The Labute approximate surface area is 203 Å². The average Bonchev–Trinajstić information content (AvgIpc) is 3.03. The van der Waals surface area contributed by atoms with E-state index in [1.54, 1.807) is 31.2 Å².